The van der Waals surface area contributed by atoms with Crippen LogP contribution in [-0.2, 0) is 29.0 Å². The zero-order valence-electron chi connectivity index (χ0n) is 25.7. The van der Waals surface area contributed by atoms with Gasteiger partial charge in [-0.15, -0.1) is 0 Å². The van der Waals surface area contributed by atoms with Crippen LogP contribution in [0, 0.1) is 0 Å². The molecule has 31 heteroatoms. The smallest absolute Gasteiger partial charge is 1.00 e. The van der Waals surface area contributed by atoms with Gasteiger partial charge in [0.15, 0.2) is 0 Å². The summed E-state index contributed by atoms with van der Waals surface area (Å²) in [5.41, 5.74) is 0. The van der Waals surface area contributed by atoms with Gasteiger partial charge in [-0.25, -0.2) is 0 Å². The maximum atomic E-state index is 12.9. The van der Waals surface area contributed by atoms with Gasteiger partial charge in [0.05, 0.1) is 0 Å². The van der Waals surface area contributed by atoms with Crippen LogP contribution in [0.3, 0.4) is 0 Å². The van der Waals surface area contributed by atoms with Crippen molar-refractivity contribution < 1.29 is 212 Å². The van der Waals surface area contributed by atoms with Crippen LogP contribution >= 0.6 is 0 Å². The fraction of sp³-hybridized carbons (Fsp3) is 0.833. The van der Waals surface area contributed by atoms with E-state index in [0.717, 1.165) is 0 Å². The summed E-state index contributed by atoms with van der Waals surface area (Å²) in [5, 5.41) is 75.6. The number of aliphatic hydroxyl groups excluding tert-OH is 6. The molecule has 2 fully saturated rings. The maximum Gasteiger partial charge on any atom is 1.00 e. The zero-order valence-corrected chi connectivity index (χ0v) is 33.8. The quantitative estimate of drug-likeness (QED) is 0.105. The van der Waals surface area contributed by atoms with Gasteiger partial charge in [0, 0.05) is 0 Å². The number of aliphatic hydroxyl groups is 6. The van der Waals surface area contributed by atoms with Gasteiger partial charge < -0.3 is 53.6 Å². The van der Waals surface area contributed by atoms with E-state index in [4.69, 9.17) is 26.5 Å². The van der Waals surface area contributed by atoms with Gasteiger partial charge in [-0.3, -0.25) is 0 Å². The van der Waals surface area contributed by atoms with Crippen molar-refractivity contribution >= 4 is 52.0 Å². The summed E-state index contributed by atoms with van der Waals surface area (Å²) < 4.78 is 49.3. The minimum atomic E-state index is -6.51. The molecule has 2 aliphatic heterocycles. The predicted molar refractivity (Wildman–Crippen MR) is 123 cm³/mol. The van der Waals surface area contributed by atoms with E-state index in [-0.39, 0.29) is 142 Å². The number of hydrogen-bond donors (Lipinski definition) is 8. The molecule has 0 radical (unpaired) electrons. The maximum absolute atomic E-state index is 12.9. The Morgan fingerprint density at radius 3 is 1.05 bits per heavy atom. The second kappa shape index (κ2) is 31.6. The van der Waals surface area contributed by atoms with Crippen molar-refractivity contribution in [2.75, 3.05) is 13.2 Å². The number of carbonyl (C=O) groups is 2. The molecule has 0 saturated carbocycles. The molecule has 0 unspecified atom stereocenters. The molecule has 0 amide bonds. The first kappa shape index (κ1) is 75.6. The summed E-state index contributed by atoms with van der Waals surface area (Å²) in [6.07, 6.45) is -17.1. The fourth-order valence-corrected chi connectivity index (χ4v) is 17.7. The van der Waals surface area contributed by atoms with Crippen LogP contribution in [0.4, 0.5) is 0 Å². The van der Waals surface area contributed by atoms with Crippen LogP contribution in [0.15, 0.2) is 0 Å². The fourth-order valence-electron chi connectivity index (χ4n) is 2.61. The summed E-state index contributed by atoms with van der Waals surface area (Å²) in [4.78, 5) is 22.6. The molecule has 2 saturated heterocycles. The molecule has 0 bridgehead atoms. The molecule has 26 nitrogen and oxygen atoms in total. The van der Waals surface area contributed by atoms with Gasteiger partial charge in [-0.2, -0.15) is 0 Å². The van der Waals surface area contributed by atoms with Crippen LogP contribution in [0.2, 0.25) is 0 Å². The Morgan fingerprint density at radius 1 is 0.628 bits per heavy atom. The van der Waals surface area contributed by atoms with Crippen LogP contribution < -0.4 is 88.7 Å². The molecule has 2 aliphatic rings. The number of rotatable bonds is 8. The van der Waals surface area contributed by atoms with Gasteiger partial charge in [0.2, 0.25) is 0 Å². The number of hydrogen-bond acceptors (Lipinski definition) is 15. The molecule has 2 heterocycles. The third kappa shape index (κ3) is 19.2. The Bertz CT molecular complexity index is 748. The van der Waals surface area contributed by atoms with Crippen molar-refractivity contribution in [1.82, 2.24) is 0 Å². The first-order valence-electron chi connectivity index (χ1n) is 8.32. The van der Waals surface area contributed by atoms with E-state index in [0.29, 0.717) is 0 Å². The molecule has 0 aromatic rings. The van der Waals surface area contributed by atoms with E-state index in [9.17, 15) is 36.1 Å². The van der Waals surface area contributed by atoms with Crippen molar-refractivity contribution in [3.8, 4) is 0 Å². The summed E-state index contributed by atoms with van der Waals surface area (Å²) in [6.45, 7) is -2.19. The molecule has 2 rings (SSSR count). The average Bonchev–Trinajstić information content (AvgIpc) is 2.69. The molecular formula is C12H41Na3O26Sb2. The topological polar surface area (TPSA) is 560 Å². The average molecular weight is 914 g/mol. The van der Waals surface area contributed by atoms with Crippen LogP contribution in [0.1, 0.15) is 4.28 Å². The van der Waals surface area contributed by atoms with Crippen LogP contribution in [0.5, 0.6) is 0 Å². The zero-order chi connectivity index (χ0) is 23.7. The van der Waals surface area contributed by atoms with Gasteiger partial charge >= 0.3 is 273 Å². The second-order valence-corrected chi connectivity index (χ2v) is 17.4. The first-order valence-corrected chi connectivity index (χ1v) is 16.7. The normalized spacial score (nSPS) is 31.1. The molecule has 8 atom stereocenters. The molecular weight excluding hydrogens is 873 g/mol. The number of carboxylic acid groups (broad SMARTS) is 2. The van der Waals surface area contributed by atoms with E-state index < -0.39 is 114 Å². The standard InChI is InChI=1S/2C6H10O7.3Na.9H2O.3O.2Sb.3H/c2*7-1-2(8)3(9)4(10)5(11)6(12)13;;;;;;;;;;;;;;;;;;;;/h2*2-5,7-8,10H,1H2,(H,12,13);;;;9*1H2;;;;;;;;/q2*-2;3*+1;;;;;;;;;;;;;2*+2;3*-1/t2*2-,3-,4+,5-;;;;;;;;;;;;;;;;;;;;/m11..................../s1. The largest absolute Gasteiger partial charge is 1.00 e. The Hall–Kier alpha value is 2.38. The van der Waals surface area contributed by atoms with Gasteiger partial charge in [-0.05, 0) is 0 Å². The van der Waals surface area contributed by atoms with Crippen molar-refractivity contribution in [2.24, 2.45) is 0 Å². The Morgan fingerprint density at radius 2 is 0.860 bits per heavy atom. The first-order chi connectivity index (χ1) is 14.3. The van der Waals surface area contributed by atoms with E-state index in [1.165, 1.54) is 0 Å². The molecule has 258 valence electrons. The molecule has 0 aromatic carbocycles. The Balaban J connectivity index is -0.0000000569. The monoisotopic (exact) mass is 912 g/mol. The SMILES string of the molecule is O.O.O.O.O.O.O.O.O.O=C(O)[C@@H]1[O][Sb](=[O])([O][Sb]2(=[O])[O][C@H]([C@H](O)CO)[C@H](O)[C@H](C(=O)O)[O]2)[O][C@H]([C@H](O)CO)[C@@H]1O.[H-].[H-].[H-].[Na+].[Na+].[Na+]. The minimum Gasteiger partial charge on any atom is -1.00 e. The predicted octanol–water partition coefficient (Wildman–Crippen LogP) is -22.2. The Kier molecular flexibility index (Phi) is 55.6. The number of aliphatic carboxylic acids is 2. The summed E-state index contributed by atoms with van der Waals surface area (Å²) in [7, 11) is 0. The summed E-state index contributed by atoms with van der Waals surface area (Å²) in [6, 6.07) is 0. The van der Waals surface area contributed by atoms with Gasteiger partial charge in [0.25, 0.3) is 0 Å². The molecule has 43 heavy (non-hydrogen) atoms. The van der Waals surface area contributed by atoms with Crippen LogP contribution in [-0.4, -0.2) is 204 Å². The third-order valence-corrected chi connectivity index (χ3v) is 18.5. The van der Waals surface area contributed by atoms with Gasteiger partial charge in [0.1, 0.15) is 0 Å². The summed E-state index contributed by atoms with van der Waals surface area (Å²) >= 11 is -13.0. The van der Waals surface area contributed by atoms with E-state index in [2.05, 4.69) is 7.32 Å². The van der Waals surface area contributed by atoms with E-state index >= 15 is 0 Å². The van der Waals surface area contributed by atoms with E-state index in [1.54, 1.807) is 0 Å². The minimum absolute atomic E-state index is 0. The molecule has 26 N–H and O–H groups in total. The van der Waals surface area contributed by atoms with E-state index in [1.807, 2.05) is 0 Å². The molecule has 0 spiro atoms. The van der Waals surface area contributed by atoms with Crippen molar-refractivity contribution in [3.05, 3.63) is 0 Å². The summed E-state index contributed by atoms with van der Waals surface area (Å²) in [5.74, 6) is -3.81. The third-order valence-electron chi connectivity index (χ3n) is 4.10. The van der Waals surface area contributed by atoms with Crippen molar-refractivity contribution in [1.29, 1.82) is 0 Å². The second-order valence-electron chi connectivity index (χ2n) is 6.33. The number of carboxylic acids is 2. The van der Waals surface area contributed by atoms with Crippen LogP contribution in [0.25, 0.3) is 0 Å². The van der Waals surface area contributed by atoms with Crippen molar-refractivity contribution in [2.45, 2.75) is 48.8 Å². The van der Waals surface area contributed by atoms with Gasteiger partial charge in [-0.1, -0.05) is 0 Å². The molecule has 0 aliphatic carbocycles. The van der Waals surface area contributed by atoms with Crippen molar-refractivity contribution in [3.63, 3.8) is 0 Å². The molecule has 0 aromatic heterocycles. The Labute approximate surface area is 322 Å².